The Morgan fingerprint density at radius 1 is 1.00 bits per heavy atom. The van der Waals surface area contributed by atoms with E-state index in [1.54, 1.807) is 0 Å². The maximum Gasteiger partial charge on any atom is 0.150 e. The van der Waals surface area contributed by atoms with Crippen LogP contribution in [-0.2, 0) is 29.1 Å². The second-order valence-corrected chi connectivity index (χ2v) is 11.9. The highest BCUT2D eigenvalue weighted by molar-refractivity contribution is 7.91. The molecule has 2 aromatic rings. The Bertz CT molecular complexity index is 989. The number of benzene rings is 2. The summed E-state index contributed by atoms with van der Waals surface area (Å²) in [5.74, 6) is 1.47. The highest BCUT2D eigenvalue weighted by atomic mass is 35.5. The lowest BCUT2D eigenvalue weighted by Crippen LogP contribution is -2.34. The molecule has 0 aliphatic heterocycles. The maximum atomic E-state index is 12.1. The number of rotatable bonds is 9. The van der Waals surface area contributed by atoms with E-state index in [0.29, 0.717) is 23.3 Å². The van der Waals surface area contributed by atoms with Gasteiger partial charge in [0, 0.05) is 17.0 Å². The first-order valence-electron chi connectivity index (χ1n) is 11.2. The van der Waals surface area contributed by atoms with Gasteiger partial charge in [-0.15, -0.1) is 12.4 Å². The number of hydrogen-bond donors (Lipinski definition) is 1. The fraction of sp³-hybridized carbons (Fsp3) is 0.520. The van der Waals surface area contributed by atoms with Crippen LogP contribution in [0.5, 0.6) is 0 Å². The summed E-state index contributed by atoms with van der Waals surface area (Å²) in [6.07, 6.45) is 7.70. The van der Waals surface area contributed by atoms with Crippen LogP contribution in [0.2, 0.25) is 5.02 Å². The lowest BCUT2D eigenvalue weighted by molar-refractivity contribution is 0.467. The summed E-state index contributed by atoms with van der Waals surface area (Å²) in [5.41, 5.74) is 11.8. The minimum atomic E-state index is -2.87. The molecule has 31 heavy (non-hydrogen) atoms. The first-order chi connectivity index (χ1) is 14.4. The predicted octanol–water partition coefficient (Wildman–Crippen LogP) is 5.51. The molecule has 0 aromatic heterocycles. The molecule has 3 nitrogen and oxygen atoms in total. The van der Waals surface area contributed by atoms with Crippen molar-refractivity contribution in [2.24, 2.45) is 11.7 Å². The highest BCUT2D eigenvalue weighted by Crippen LogP contribution is 2.35. The Morgan fingerprint density at radius 3 is 2.55 bits per heavy atom. The van der Waals surface area contributed by atoms with Crippen molar-refractivity contribution in [3.8, 4) is 0 Å². The van der Waals surface area contributed by atoms with Crippen LogP contribution >= 0.6 is 24.0 Å². The molecule has 2 unspecified atom stereocenters. The molecule has 0 radical (unpaired) electrons. The normalized spacial score (nSPS) is 20.7. The molecule has 0 amide bonds. The van der Waals surface area contributed by atoms with E-state index >= 15 is 0 Å². The summed E-state index contributed by atoms with van der Waals surface area (Å²) >= 11 is 6.18. The lowest BCUT2D eigenvalue weighted by atomic mass is 9.76. The topological polar surface area (TPSA) is 60.2 Å². The van der Waals surface area contributed by atoms with Gasteiger partial charge in [-0.05, 0) is 91.7 Å². The van der Waals surface area contributed by atoms with Crippen molar-refractivity contribution in [1.29, 1.82) is 0 Å². The van der Waals surface area contributed by atoms with Gasteiger partial charge in [0.15, 0.2) is 9.84 Å². The second-order valence-electron chi connectivity index (χ2n) is 9.19. The number of hydrogen-bond acceptors (Lipinski definition) is 3. The van der Waals surface area contributed by atoms with Crippen LogP contribution in [0.15, 0.2) is 42.5 Å². The van der Waals surface area contributed by atoms with E-state index in [-0.39, 0.29) is 18.4 Å². The molecule has 0 spiro atoms. The zero-order valence-electron chi connectivity index (χ0n) is 17.9. The zero-order chi connectivity index (χ0) is 21.1. The molecule has 2 aromatic carbocycles. The van der Waals surface area contributed by atoms with Gasteiger partial charge in [0.25, 0.3) is 0 Å². The molecule has 2 aliphatic carbocycles. The SMILES string of the molecule is Cl.NC1CCc2ccc(CCCCS(=O)(=O)CC3CC3)cc2C1Cc1cccc(Cl)c1. The smallest absolute Gasteiger partial charge is 0.150 e. The largest absolute Gasteiger partial charge is 0.327 e. The van der Waals surface area contributed by atoms with Crippen molar-refractivity contribution < 1.29 is 8.42 Å². The molecular weight excluding hydrogens is 449 g/mol. The van der Waals surface area contributed by atoms with E-state index in [2.05, 4.69) is 24.3 Å². The number of nitrogens with two attached hydrogens (primary N) is 1. The Kier molecular flexibility index (Phi) is 8.48. The van der Waals surface area contributed by atoms with Crippen LogP contribution in [0.4, 0.5) is 0 Å². The third kappa shape index (κ3) is 6.95. The van der Waals surface area contributed by atoms with Crippen molar-refractivity contribution in [2.75, 3.05) is 11.5 Å². The molecule has 4 rings (SSSR count). The van der Waals surface area contributed by atoms with Crippen LogP contribution in [0, 0.1) is 5.92 Å². The van der Waals surface area contributed by atoms with Crippen molar-refractivity contribution >= 4 is 33.8 Å². The molecule has 170 valence electrons. The first-order valence-corrected chi connectivity index (χ1v) is 13.4. The van der Waals surface area contributed by atoms with Gasteiger partial charge in [-0.25, -0.2) is 8.42 Å². The Balaban J connectivity index is 0.00000272. The van der Waals surface area contributed by atoms with Gasteiger partial charge in [-0.2, -0.15) is 0 Å². The van der Waals surface area contributed by atoms with Crippen LogP contribution < -0.4 is 5.73 Å². The summed E-state index contributed by atoms with van der Waals surface area (Å²) in [4.78, 5) is 0. The molecule has 2 atom stereocenters. The highest BCUT2D eigenvalue weighted by Gasteiger charge is 2.28. The number of sulfone groups is 1. The van der Waals surface area contributed by atoms with Gasteiger partial charge in [-0.1, -0.05) is 41.9 Å². The van der Waals surface area contributed by atoms with Gasteiger partial charge < -0.3 is 5.73 Å². The molecule has 0 saturated heterocycles. The zero-order valence-corrected chi connectivity index (χ0v) is 20.3. The van der Waals surface area contributed by atoms with Crippen LogP contribution in [0.25, 0.3) is 0 Å². The number of fused-ring (bicyclic) bond motifs is 1. The molecule has 1 fully saturated rings. The maximum absolute atomic E-state index is 12.1. The summed E-state index contributed by atoms with van der Waals surface area (Å²) in [6, 6.07) is 15.0. The number of halogens is 2. The van der Waals surface area contributed by atoms with E-state index in [1.807, 2.05) is 18.2 Å². The van der Waals surface area contributed by atoms with Gasteiger partial charge in [-0.3, -0.25) is 0 Å². The van der Waals surface area contributed by atoms with Gasteiger partial charge in [0.05, 0.1) is 11.5 Å². The van der Waals surface area contributed by atoms with Crippen molar-refractivity contribution in [3.05, 3.63) is 69.7 Å². The monoisotopic (exact) mass is 481 g/mol. The summed E-state index contributed by atoms with van der Waals surface area (Å²) in [7, 11) is -2.87. The number of aryl methyl sites for hydroxylation is 2. The van der Waals surface area contributed by atoms with Gasteiger partial charge in [0.2, 0.25) is 0 Å². The lowest BCUT2D eigenvalue weighted by Gasteiger charge is -2.32. The Hall–Kier alpha value is -1.07. The fourth-order valence-corrected chi connectivity index (χ4v) is 6.76. The molecule has 0 heterocycles. The van der Waals surface area contributed by atoms with E-state index in [4.69, 9.17) is 17.3 Å². The second kappa shape index (κ2) is 10.7. The number of unbranched alkanes of at least 4 members (excludes halogenated alkanes) is 1. The Labute approximate surface area is 198 Å². The average Bonchev–Trinajstić information content (AvgIpc) is 3.51. The van der Waals surface area contributed by atoms with Crippen LogP contribution in [0.3, 0.4) is 0 Å². The minimum Gasteiger partial charge on any atom is -0.327 e. The summed E-state index contributed by atoms with van der Waals surface area (Å²) in [6.45, 7) is 0. The van der Waals surface area contributed by atoms with E-state index in [9.17, 15) is 8.42 Å². The van der Waals surface area contributed by atoms with Crippen LogP contribution in [0.1, 0.15) is 60.3 Å². The third-order valence-electron chi connectivity index (χ3n) is 6.58. The van der Waals surface area contributed by atoms with E-state index < -0.39 is 9.84 Å². The minimum absolute atomic E-state index is 0. The first kappa shape index (κ1) is 24.6. The summed E-state index contributed by atoms with van der Waals surface area (Å²) < 4.78 is 24.3. The van der Waals surface area contributed by atoms with Crippen molar-refractivity contribution in [2.45, 2.75) is 63.3 Å². The van der Waals surface area contributed by atoms with E-state index in [0.717, 1.165) is 56.4 Å². The quantitative estimate of drug-likeness (QED) is 0.480. The molecule has 2 N–H and O–H groups in total. The standard InChI is InChI=1S/C25H32ClNO2S.ClH/c26-22-6-3-5-20(14-22)16-24-23-15-18(9-10-21(23)11-12-25(24)27)4-1-2-13-30(28,29)17-19-7-8-19;/h3,5-6,9-10,14-15,19,24-25H,1-2,4,7-8,11-13,16-17,27H2;1H. The molecule has 2 aliphatic rings. The van der Waals surface area contributed by atoms with Crippen molar-refractivity contribution in [3.63, 3.8) is 0 Å². The van der Waals surface area contributed by atoms with Gasteiger partial charge in [0.1, 0.15) is 0 Å². The molecule has 1 saturated carbocycles. The predicted molar refractivity (Wildman–Crippen MR) is 132 cm³/mol. The molecule has 0 bridgehead atoms. The van der Waals surface area contributed by atoms with Gasteiger partial charge >= 0.3 is 0 Å². The Morgan fingerprint density at radius 2 is 1.81 bits per heavy atom. The van der Waals surface area contributed by atoms with Crippen molar-refractivity contribution in [1.82, 2.24) is 0 Å². The average molecular weight is 483 g/mol. The van der Waals surface area contributed by atoms with Crippen LogP contribution in [-0.4, -0.2) is 26.0 Å². The van der Waals surface area contributed by atoms with E-state index in [1.165, 1.54) is 22.3 Å². The molecular formula is C25H33Cl2NO2S. The fourth-order valence-electron chi connectivity index (χ4n) is 4.68. The molecule has 6 heteroatoms. The third-order valence-corrected chi connectivity index (χ3v) is 8.70. The summed E-state index contributed by atoms with van der Waals surface area (Å²) in [5, 5.41) is 0.766.